The summed E-state index contributed by atoms with van der Waals surface area (Å²) in [6.07, 6.45) is 8.85. The van der Waals surface area contributed by atoms with Crippen LogP contribution in [-0.2, 0) is 0 Å². The lowest BCUT2D eigenvalue weighted by molar-refractivity contribution is 0.186. The summed E-state index contributed by atoms with van der Waals surface area (Å²) in [6.45, 7) is 17.2. The molecule has 0 aromatic heterocycles. The van der Waals surface area contributed by atoms with Gasteiger partial charge in [0.15, 0.2) is 0 Å². The molecule has 2 fully saturated rings. The zero-order chi connectivity index (χ0) is 14.4. The Morgan fingerprint density at radius 1 is 0.737 bits per heavy atom. The molecule has 19 heavy (non-hydrogen) atoms. The van der Waals surface area contributed by atoms with Crippen LogP contribution >= 0.6 is 0 Å². The zero-order valence-electron chi connectivity index (χ0n) is 14.3. The highest BCUT2D eigenvalue weighted by molar-refractivity contribution is 4.81. The molecule has 1 saturated carbocycles. The molecule has 1 unspecified atom stereocenters. The summed E-state index contributed by atoms with van der Waals surface area (Å²) >= 11 is 0. The fraction of sp³-hybridized carbons (Fsp3) is 1.00. The van der Waals surface area contributed by atoms with E-state index in [0.29, 0.717) is 0 Å². The number of likely N-dealkylation sites (tertiary alicyclic amines) is 1. The van der Waals surface area contributed by atoms with Crippen molar-refractivity contribution in [2.75, 3.05) is 13.1 Å². The average Bonchev–Trinajstić information content (AvgIpc) is 2.93. The Kier molecular flexibility index (Phi) is 22.7. The van der Waals surface area contributed by atoms with Gasteiger partial charge < -0.3 is 4.90 Å². The van der Waals surface area contributed by atoms with Crippen molar-refractivity contribution in [2.24, 2.45) is 5.92 Å². The van der Waals surface area contributed by atoms with Gasteiger partial charge in [0.25, 0.3) is 0 Å². The molecule has 1 aliphatic carbocycles. The highest BCUT2D eigenvalue weighted by Gasteiger charge is 2.26. The van der Waals surface area contributed by atoms with E-state index in [1.54, 1.807) is 0 Å². The SMILES string of the molecule is C.CC.CC.CC.CC1CCN(C2CCCCC2)C1. The molecule has 0 bridgehead atoms. The smallest absolute Gasteiger partial charge is 0.00953 e. The van der Waals surface area contributed by atoms with Crippen LogP contribution in [0, 0.1) is 5.92 Å². The number of hydrogen-bond acceptors (Lipinski definition) is 1. The lowest BCUT2D eigenvalue weighted by atomic mass is 9.94. The van der Waals surface area contributed by atoms with Crippen molar-refractivity contribution in [3.63, 3.8) is 0 Å². The van der Waals surface area contributed by atoms with Gasteiger partial charge in [-0.15, -0.1) is 0 Å². The van der Waals surface area contributed by atoms with Crippen LogP contribution in [0.2, 0.25) is 0 Å². The maximum Gasteiger partial charge on any atom is 0.00953 e. The topological polar surface area (TPSA) is 3.24 Å². The maximum absolute atomic E-state index is 2.74. The third kappa shape index (κ3) is 10.4. The molecule has 0 N–H and O–H groups in total. The standard InChI is InChI=1S/C11H21N.3C2H6.CH4/c1-10-7-8-12(9-10)11-5-3-2-4-6-11;3*1-2;/h10-11H,2-9H2,1H3;3*1-2H3;1H4. The van der Waals surface area contributed by atoms with Crippen molar-refractivity contribution < 1.29 is 0 Å². The summed E-state index contributed by atoms with van der Waals surface area (Å²) < 4.78 is 0. The molecule has 120 valence electrons. The van der Waals surface area contributed by atoms with Gasteiger partial charge in [-0.25, -0.2) is 0 Å². The molecule has 0 aromatic carbocycles. The van der Waals surface area contributed by atoms with Crippen LogP contribution in [0.4, 0.5) is 0 Å². The Hall–Kier alpha value is -0.0400. The van der Waals surface area contributed by atoms with Crippen molar-refractivity contribution in [3.05, 3.63) is 0 Å². The van der Waals surface area contributed by atoms with Crippen LogP contribution in [0.3, 0.4) is 0 Å². The van der Waals surface area contributed by atoms with Crippen LogP contribution in [0.1, 0.15) is 94.4 Å². The summed E-state index contributed by atoms with van der Waals surface area (Å²) in [5.41, 5.74) is 0. The first kappa shape index (κ1) is 24.0. The summed E-state index contributed by atoms with van der Waals surface area (Å²) in [5, 5.41) is 0. The van der Waals surface area contributed by atoms with Gasteiger partial charge in [0.1, 0.15) is 0 Å². The second-order valence-electron chi connectivity index (χ2n) is 4.68. The second-order valence-corrected chi connectivity index (χ2v) is 4.68. The van der Waals surface area contributed by atoms with E-state index >= 15 is 0 Å². The first-order valence-electron chi connectivity index (χ1n) is 8.60. The van der Waals surface area contributed by atoms with Crippen molar-refractivity contribution in [1.82, 2.24) is 4.90 Å². The average molecular weight is 274 g/mol. The monoisotopic (exact) mass is 273 g/mol. The van der Waals surface area contributed by atoms with Crippen LogP contribution < -0.4 is 0 Å². The summed E-state index contributed by atoms with van der Waals surface area (Å²) in [5.74, 6) is 0.965. The van der Waals surface area contributed by atoms with Gasteiger partial charge in [0.05, 0.1) is 0 Å². The molecule has 1 aliphatic heterocycles. The highest BCUT2D eigenvalue weighted by atomic mass is 15.2. The minimum absolute atomic E-state index is 0. The predicted molar refractivity (Wildman–Crippen MR) is 93.0 cm³/mol. The number of rotatable bonds is 1. The second kappa shape index (κ2) is 18.0. The number of nitrogens with zero attached hydrogens (tertiary/aromatic N) is 1. The van der Waals surface area contributed by atoms with Crippen molar-refractivity contribution in [1.29, 1.82) is 0 Å². The van der Waals surface area contributed by atoms with E-state index in [2.05, 4.69) is 11.8 Å². The summed E-state index contributed by atoms with van der Waals surface area (Å²) in [4.78, 5) is 2.74. The molecule has 0 spiro atoms. The third-order valence-corrected chi connectivity index (χ3v) is 3.55. The molecule has 0 aromatic rings. The Balaban J connectivity index is -0.000000325. The van der Waals surface area contributed by atoms with E-state index in [1.807, 2.05) is 41.5 Å². The van der Waals surface area contributed by atoms with E-state index in [9.17, 15) is 0 Å². The molecule has 1 atom stereocenters. The lowest BCUT2D eigenvalue weighted by Gasteiger charge is -2.30. The minimum Gasteiger partial charge on any atom is -0.300 e. The van der Waals surface area contributed by atoms with Gasteiger partial charge in [-0.2, -0.15) is 0 Å². The van der Waals surface area contributed by atoms with Gasteiger partial charge in [0, 0.05) is 12.6 Å². The van der Waals surface area contributed by atoms with E-state index in [1.165, 1.54) is 51.6 Å². The molecule has 1 heterocycles. The van der Waals surface area contributed by atoms with E-state index in [0.717, 1.165) is 12.0 Å². The van der Waals surface area contributed by atoms with Gasteiger partial charge in [-0.3, -0.25) is 0 Å². The molecule has 2 aliphatic rings. The largest absolute Gasteiger partial charge is 0.300 e. The van der Waals surface area contributed by atoms with Crippen LogP contribution in [0.15, 0.2) is 0 Å². The van der Waals surface area contributed by atoms with Gasteiger partial charge in [-0.1, -0.05) is 75.2 Å². The Morgan fingerprint density at radius 2 is 1.21 bits per heavy atom. The quantitative estimate of drug-likeness (QED) is 0.536. The predicted octanol–water partition coefficient (Wildman–Crippen LogP) is 6.38. The fourth-order valence-electron chi connectivity index (χ4n) is 2.75. The van der Waals surface area contributed by atoms with E-state index in [4.69, 9.17) is 0 Å². The first-order chi connectivity index (χ1) is 8.86. The highest BCUT2D eigenvalue weighted by Crippen LogP contribution is 2.27. The molecular weight excluding hydrogens is 230 g/mol. The molecule has 1 nitrogen and oxygen atoms in total. The van der Waals surface area contributed by atoms with Gasteiger partial charge in [-0.05, 0) is 31.7 Å². The molecule has 2 rings (SSSR count). The van der Waals surface area contributed by atoms with Crippen molar-refractivity contribution in [2.45, 2.75) is 100 Å². The van der Waals surface area contributed by atoms with Crippen molar-refractivity contribution >= 4 is 0 Å². The molecule has 1 saturated heterocycles. The fourth-order valence-corrected chi connectivity index (χ4v) is 2.75. The van der Waals surface area contributed by atoms with Crippen LogP contribution in [0.5, 0.6) is 0 Å². The molecular formula is C18H43N. The Bertz CT molecular complexity index is 136. The molecule has 0 amide bonds. The lowest BCUT2D eigenvalue weighted by Crippen LogP contribution is -2.34. The van der Waals surface area contributed by atoms with Crippen LogP contribution in [0.25, 0.3) is 0 Å². The van der Waals surface area contributed by atoms with Crippen LogP contribution in [-0.4, -0.2) is 24.0 Å². The maximum atomic E-state index is 2.74. The number of hydrogen-bond donors (Lipinski definition) is 0. The Labute approximate surface area is 125 Å². The minimum atomic E-state index is 0. The Morgan fingerprint density at radius 3 is 1.58 bits per heavy atom. The summed E-state index contributed by atoms with van der Waals surface area (Å²) in [7, 11) is 0. The zero-order valence-corrected chi connectivity index (χ0v) is 14.3. The molecule has 0 radical (unpaired) electrons. The van der Waals surface area contributed by atoms with E-state index < -0.39 is 0 Å². The van der Waals surface area contributed by atoms with Crippen molar-refractivity contribution in [3.8, 4) is 0 Å². The van der Waals surface area contributed by atoms with Gasteiger partial charge >= 0.3 is 0 Å². The van der Waals surface area contributed by atoms with E-state index in [-0.39, 0.29) is 7.43 Å². The van der Waals surface area contributed by atoms with Gasteiger partial charge in [0.2, 0.25) is 0 Å². The molecule has 1 heteroatoms. The normalized spacial score (nSPS) is 22.6. The third-order valence-electron chi connectivity index (χ3n) is 3.55. The first-order valence-corrected chi connectivity index (χ1v) is 8.60. The summed E-state index contributed by atoms with van der Waals surface area (Å²) in [6, 6.07) is 0.962.